The van der Waals surface area contributed by atoms with Gasteiger partial charge in [0.1, 0.15) is 5.69 Å². The molecule has 0 aliphatic heterocycles. The molecule has 0 amide bonds. The van der Waals surface area contributed by atoms with Gasteiger partial charge in [0.15, 0.2) is 11.5 Å². The van der Waals surface area contributed by atoms with Crippen LogP contribution in [-0.2, 0) is 15.7 Å². The number of nitrogens with one attached hydrogen (secondary N) is 1. The topological polar surface area (TPSA) is 72.1 Å². The molecule has 1 heterocycles. The largest absolute Gasteiger partial charge is 0.466 e. The van der Waals surface area contributed by atoms with Crippen molar-refractivity contribution < 1.29 is 27.5 Å². The van der Waals surface area contributed by atoms with E-state index in [9.17, 15) is 22.8 Å². The van der Waals surface area contributed by atoms with Gasteiger partial charge < -0.3 is 4.74 Å². The van der Waals surface area contributed by atoms with Crippen molar-refractivity contribution in [1.82, 2.24) is 10.2 Å². The molecular formula is C11H11F3N2O3. The molecule has 0 saturated heterocycles. The maximum absolute atomic E-state index is 12.8. The van der Waals surface area contributed by atoms with E-state index in [0.717, 1.165) is 0 Å². The molecule has 8 heteroatoms. The number of ether oxygens (including phenoxy) is 1. The molecule has 1 aromatic heterocycles. The van der Waals surface area contributed by atoms with Crippen molar-refractivity contribution in [3.05, 3.63) is 17.0 Å². The highest BCUT2D eigenvalue weighted by molar-refractivity contribution is 6.00. The number of esters is 1. The highest BCUT2D eigenvalue weighted by Gasteiger charge is 2.45. The van der Waals surface area contributed by atoms with E-state index < -0.39 is 29.5 Å². The third-order valence-electron chi connectivity index (χ3n) is 2.91. The Labute approximate surface area is 106 Å². The number of fused-ring (bicyclic) bond motifs is 1. The minimum atomic E-state index is -4.65. The molecule has 2 rings (SSSR count). The normalized spacial score (nSPS) is 18.5. The Bertz CT molecular complexity index is 522. The molecule has 0 aromatic carbocycles. The van der Waals surface area contributed by atoms with Gasteiger partial charge in [-0.3, -0.25) is 14.7 Å². The lowest BCUT2D eigenvalue weighted by Crippen LogP contribution is -2.14. The van der Waals surface area contributed by atoms with Gasteiger partial charge in [0, 0.05) is 17.9 Å². The number of carbonyl (C=O) groups excluding carboxylic acids is 2. The first-order valence-corrected chi connectivity index (χ1v) is 5.68. The van der Waals surface area contributed by atoms with Gasteiger partial charge in [-0.1, -0.05) is 0 Å². The molecule has 1 N–H and O–H groups in total. The molecule has 0 fully saturated rings. The van der Waals surface area contributed by atoms with Crippen molar-refractivity contribution in [2.45, 2.75) is 31.9 Å². The lowest BCUT2D eigenvalue weighted by Gasteiger charge is -2.11. The highest BCUT2D eigenvalue weighted by atomic mass is 19.4. The van der Waals surface area contributed by atoms with E-state index in [1.807, 2.05) is 0 Å². The van der Waals surface area contributed by atoms with Crippen LogP contribution in [0.15, 0.2) is 0 Å². The van der Waals surface area contributed by atoms with Gasteiger partial charge in [0.2, 0.25) is 0 Å². The number of H-pyrrole nitrogens is 1. The fourth-order valence-corrected chi connectivity index (χ4v) is 2.20. The highest BCUT2D eigenvalue weighted by Crippen LogP contribution is 2.42. The van der Waals surface area contributed by atoms with Crippen molar-refractivity contribution in [2.24, 2.45) is 0 Å². The summed E-state index contributed by atoms with van der Waals surface area (Å²) in [5.41, 5.74) is -1.49. The smallest absolute Gasteiger partial charge is 0.435 e. The van der Waals surface area contributed by atoms with Gasteiger partial charge in [-0.05, 0) is 6.92 Å². The first-order chi connectivity index (χ1) is 8.84. The number of rotatable bonds is 3. The van der Waals surface area contributed by atoms with Crippen LogP contribution in [0.1, 0.15) is 47.4 Å². The van der Waals surface area contributed by atoms with Crippen LogP contribution in [0.2, 0.25) is 0 Å². The number of hydrogen-bond acceptors (Lipinski definition) is 4. The number of aromatic nitrogens is 2. The Hall–Kier alpha value is -1.86. The number of alkyl halides is 3. The standard InChI is InChI=1S/C11H11F3N2O3/c1-2-19-7(18)4-5-3-6(17)9-8(5)10(16-15-9)11(12,13)14/h5H,2-4H2,1H3,(H,15,16). The predicted molar refractivity (Wildman–Crippen MR) is 56.5 cm³/mol. The molecule has 1 atom stereocenters. The fourth-order valence-electron chi connectivity index (χ4n) is 2.20. The van der Waals surface area contributed by atoms with E-state index in [4.69, 9.17) is 4.74 Å². The lowest BCUT2D eigenvalue weighted by atomic mass is 9.97. The van der Waals surface area contributed by atoms with E-state index in [0.29, 0.717) is 0 Å². The van der Waals surface area contributed by atoms with Gasteiger partial charge in [-0.25, -0.2) is 0 Å². The molecule has 1 aliphatic rings. The summed E-state index contributed by atoms with van der Waals surface area (Å²) in [6.45, 7) is 1.74. The average molecular weight is 276 g/mol. The van der Waals surface area contributed by atoms with Crippen LogP contribution in [0.3, 0.4) is 0 Å². The summed E-state index contributed by atoms with van der Waals surface area (Å²) in [7, 11) is 0. The number of nitrogens with zero attached hydrogens (tertiary/aromatic N) is 1. The van der Waals surface area contributed by atoms with Crippen LogP contribution in [-0.4, -0.2) is 28.6 Å². The Kier molecular flexibility index (Phi) is 3.34. The average Bonchev–Trinajstić information content (AvgIpc) is 2.81. The van der Waals surface area contributed by atoms with Crippen LogP contribution >= 0.6 is 0 Å². The van der Waals surface area contributed by atoms with Crippen LogP contribution in [0, 0.1) is 0 Å². The summed E-state index contributed by atoms with van der Waals surface area (Å²) in [6.07, 6.45) is -5.04. The zero-order valence-electron chi connectivity index (χ0n) is 10.0. The monoisotopic (exact) mass is 276 g/mol. The number of carbonyl (C=O) groups is 2. The molecule has 0 saturated carbocycles. The molecule has 0 radical (unpaired) electrons. The third kappa shape index (κ3) is 2.47. The van der Waals surface area contributed by atoms with Crippen LogP contribution in [0.25, 0.3) is 0 Å². The minimum absolute atomic E-state index is 0.133. The summed E-state index contributed by atoms with van der Waals surface area (Å²) >= 11 is 0. The quantitative estimate of drug-likeness (QED) is 0.858. The number of aromatic amines is 1. The fraction of sp³-hybridized carbons (Fsp3) is 0.545. The molecular weight excluding hydrogens is 265 g/mol. The molecule has 1 unspecified atom stereocenters. The van der Waals surface area contributed by atoms with Crippen molar-refractivity contribution in [3.63, 3.8) is 0 Å². The lowest BCUT2D eigenvalue weighted by molar-refractivity contribution is -0.145. The van der Waals surface area contributed by atoms with Crippen LogP contribution in [0.4, 0.5) is 13.2 Å². The molecule has 19 heavy (non-hydrogen) atoms. The number of ketones is 1. The van der Waals surface area contributed by atoms with Crippen molar-refractivity contribution in [2.75, 3.05) is 6.61 Å². The Morgan fingerprint density at radius 3 is 2.79 bits per heavy atom. The molecule has 5 nitrogen and oxygen atoms in total. The van der Waals surface area contributed by atoms with Crippen LogP contribution < -0.4 is 0 Å². The maximum atomic E-state index is 12.8. The molecule has 1 aliphatic carbocycles. The van der Waals surface area contributed by atoms with Gasteiger partial charge >= 0.3 is 12.1 Å². The van der Waals surface area contributed by atoms with Crippen molar-refractivity contribution >= 4 is 11.8 Å². The third-order valence-corrected chi connectivity index (χ3v) is 2.91. The molecule has 104 valence electrons. The zero-order chi connectivity index (χ0) is 14.2. The second-order valence-corrected chi connectivity index (χ2v) is 4.19. The number of Topliss-reactive ketones (excluding diaryl/α,β-unsaturated/α-hetero) is 1. The maximum Gasteiger partial charge on any atom is 0.435 e. The number of halogens is 3. The summed E-state index contributed by atoms with van der Waals surface area (Å²) in [5, 5.41) is 5.25. The van der Waals surface area contributed by atoms with E-state index in [1.165, 1.54) is 0 Å². The van der Waals surface area contributed by atoms with Crippen molar-refractivity contribution in [3.8, 4) is 0 Å². The van der Waals surface area contributed by atoms with Gasteiger partial charge in [-0.2, -0.15) is 18.3 Å². The Morgan fingerprint density at radius 2 is 2.21 bits per heavy atom. The van der Waals surface area contributed by atoms with Crippen molar-refractivity contribution in [1.29, 1.82) is 0 Å². The summed E-state index contributed by atoms with van der Waals surface area (Å²) in [6, 6.07) is 0. The SMILES string of the molecule is CCOC(=O)CC1CC(=O)c2[nH]nc(C(F)(F)F)c21. The minimum Gasteiger partial charge on any atom is -0.466 e. The van der Waals surface area contributed by atoms with E-state index in [-0.39, 0.29) is 30.7 Å². The van der Waals surface area contributed by atoms with Gasteiger partial charge in [-0.15, -0.1) is 0 Å². The summed E-state index contributed by atoms with van der Waals surface area (Å²) < 4.78 is 43.0. The second kappa shape index (κ2) is 4.67. The van der Waals surface area contributed by atoms with E-state index in [2.05, 4.69) is 10.2 Å². The van der Waals surface area contributed by atoms with E-state index in [1.54, 1.807) is 6.92 Å². The molecule has 1 aromatic rings. The molecule has 0 bridgehead atoms. The van der Waals surface area contributed by atoms with Gasteiger partial charge in [0.05, 0.1) is 13.0 Å². The summed E-state index contributed by atoms with van der Waals surface area (Å²) in [5.74, 6) is -1.91. The molecule has 0 spiro atoms. The Balaban J connectivity index is 2.31. The summed E-state index contributed by atoms with van der Waals surface area (Å²) in [4.78, 5) is 22.9. The predicted octanol–water partition coefficient (Wildman–Crippen LogP) is 2.05. The Morgan fingerprint density at radius 1 is 1.53 bits per heavy atom. The van der Waals surface area contributed by atoms with E-state index >= 15 is 0 Å². The number of hydrogen-bond donors (Lipinski definition) is 1. The second-order valence-electron chi connectivity index (χ2n) is 4.19. The first kappa shape index (κ1) is 13.6. The van der Waals surface area contributed by atoms with Crippen LogP contribution in [0.5, 0.6) is 0 Å². The van der Waals surface area contributed by atoms with Gasteiger partial charge in [0.25, 0.3) is 0 Å². The zero-order valence-corrected chi connectivity index (χ0v) is 10.0. The first-order valence-electron chi connectivity index (χ1n) is 5.68.